The second-order valence-electron chi connectivity index (χ2n) is 4.89. The van der Waals surface area contributed by atoms with Gasteiger partial charge in [0.2, 0.25) is 0 Å². The molecule has 2 rings (SSSR count). The Bertz CT molecular complexity index is 531. The van der Waals surface area contributed by atoms with E-state index < -0.39 is 6.10 Å². The molecule has 0 fully saturated rings. The van der Waals surface area contributed by atoms with Gasteiger partial charge in [0, 0.05) is 18.0 Å². The highest BCUT2D eigenvalue weighted by Gasteiger charge is 2.16. The van der Waals surface area contributed by atoms with Crippen LogP contribution >= 0.6 is 0 Å². The third-order valence-corrected chi connectivity index (χ3v) is 3.27. The van der Waals surface area contributed by atoms with Crippen LogP contribution < -0.4 is 0 Å². The molecule has 2 nitrogen and oxygen atoms in total. The lowest BCUT2D eigenvalue weighted by Crippen LogP contribution is -2.05. The molecule has 0 aliphatic rings. The summed E-state index contributed by atoms with van der Waals surface area (Å²) in [5.41, 5.74) is 3.19. The Morgan fingerprint density at radius 2 is 1.89 bits per heavy atom. The Labute approximate surface area is 112 Å². The molecule has 1 aromatic carbocycles. The van der Waals surface area contributed by atoms with Crippen molar-refractivity contribution in [2.24, 2.45) is 0 Å². The molecule has 1 unspecified atom stereocenters. The van der Waals surface area contributed by atoms with Crippen LogP contribution in [0.1, 0.15) is 34.8 Å². The van der Waals surface area contributed by atoms with Crippen LogP contribution in [0.5, 0.6) is 0 Å². The van der Waals surface area contributed by atoms with Gasteiger partial charge in [-0.3, -0.25) is 4.98 Å². The summed E-state index contributed by atoms with van der Waals surface area (Å²) in [6, 6.07) is 7.18. The Balaban J connectivity index is 2.10. The van der Waals surface area contributed by atoms with Gasteiger partial charge >= 0.3 is 0 Å². The Morgan fingerprint density at radius 3 is 2.53 bits per heavy atom. The SMILES string of the molecule is Cc1cc(C)c(C(O)CCc2ccncc2)c(F)c1. The molecule has 19 heavy (non-hydrogen) atoms. The zero-order valence-electron chi connectivity index (χ0n) is 11.2. The highest BCUT2D eigenvalue weighted by molar-refractivity contribution is 5.33. The molecule has 0 spiro atoms. The van der Waals surface area contributed by atoms with Gasteiger partial charge in [-0.05, 0) is 61.6 Å². The van der Waals surface area contributed by atoms with E-state index in [1.54, 1.807) is 12.4 Å². The molecule has 0 amide bonds. The van der Waals surface area contributed by atoms with E-state index in [0.717, 1.165) is 16.7 Å². The maximum atomic E-state index is 13.9. The van der Waals surface area contributed by atoms with Gasteiger partial charge in [-0.2, -0.15) is 0 Å². The molecule has 1 heterocycles. The van der Waals surface area contributed by atoms with E-state index in [1.165, 1.54) is 6.07 Å². The molecule has 100 valence electrons. The lowest BCUT2D eigenvalue weighted by molar-refractivity contribution is 0.162. The minimum absolute atomic E-state index is 0.320. The number of aliphatic hydroxyl groups excluding tert-OH is 1. The Morgan fingerprint density at radius 1 is 1.21 bits per heavy atom. The van der Waals surface area contributed by atoms with Crippen LogP contribution in [0.4, 0.5) is 4.39 Å². The predicted octanol–water partition coefficient (Wildman–Crippen LogP) is 3.50. The molecular weight excluding hydrogens is 241 g/mol. The number of nitrogens with zero attached hydrogens (tertiary/aromatic N) is 1. The van der Waals surface area contributed by atoms with Crippen LogP contribution in [0.25, 0.3) is 0 Å². The van der Waals surface area contributed by atoms with Gasteiger partial charge in [-0.25, -0.2) is 4.39 Å². The molecule has 0 bridgehead atoms. The topological polar surface area (TPSA) is 33.1 Å². The van der Waals surface area contributed by atoms with Crippen molar-refractivity contribution in [2.75, 3.05) is 0 Å². The molecule has 0 aliphatic heterocycles. The summed E-state index contributed by atoms with van der Waals surface area (Å²) in [4.78, 5) is 3.95. The Hall–Kier alpha value is -1.74. The molecule has 3 heteroatoms. The van der Waals surface area contributed by atoms with Crippen molar-refractivity contribution in [1.82, 2.24) is 4.98 Å². The summed E-state index contributed by atoms with van der Waals surface area (Å²) in [5, 5.41) is 10.2. The number of hydrogen-bond donors (Lipinski definition) is 1. The van der Waals surface area contributed by atoms with Gasteiger partial charge in [0.15, 0.2) is 0 Å². The molecule has 2 aromatic rings. The van der Waals surface area contributed by atoms with E-state index in [9.17, 15) is 9.50 Å². The van der Waals surface area contributed by atoms with Crippen molar-refractivity contribution in [1.29, 1.82) is 0 Å². The minimum Gasteiger partial charge on any atom is -0.388 e. The maximum Gasteiger partial charge on any atom is 0.129 e. The number of pyridine rings is 1. The second-order valence-corrected chi connectivity index (χ2v) is 4.89. The summed E-state index contributed by atoms with van der Waals surface area (Å²) < 4.78 is 13.9. The van der Waals surface area contributed by atoms with Crippen LogP contribution in [0.15, 0.2) is 36.7 Å². The summed E-state index contributed by atoms with van der Waals surface area (Å²) in [7, 11) is 0. The summed E-state index contributed by atoms with van der Waals surface area (Å²) in [6.07, 6.45) is 3.88. The van der Waals surface area contributed by atoms with Crippen LogP contribution in [-0.4, -0.2) is 10.1 Å². The maximum absolute atomic E-state index is 13.9. The van der Waals surface area contributed by atoms with E-state index in [-0.39, 0.29) is 5.82 Å². The standard InChI is InChI=1S/C16H18FNO/c1-11-9-12(2)16(14(17)10-11)15(19)4-3-13-5-7-18-8-6-13/h5-10,15,19H,3-4H2,1-2H3. The largest absolute Gasteiger partial charge is 0.388 e. The average molecular weight is 259 g/mol. The fourth-order valence-corrected chi connectivity index (χ4v) is 2.35. The van der Waals surface area contributed by atoms with Crippen molar-refractivity contribution in [3.8, 4) is 0 Å². The molecule has 1 aromatic heterocycles. The molecule has 0 radical (unpaired) electrons. The zero-order chi connectivity index (χ0) is 13.8. The van der Waals surface area contributed by atoms with Crippen molar-refractivity contribution in [3.05, 3.63) is 64.7 Å². The van der Waals surface area contributed by atoms with Gasteiger partial charge in [0.1, 0.15) is 5.82 Å². The quantitative estimate of drug-likeness (QED) is 0.911. The van der Waals surface area contributed by atoms with E-state index in [0.29, 0.717) is 18.4 Å². The van der Waals surface area contributed by atoms with E-state index in [4.69, 9.17) is 0 Å². The molecule has 0 aliphatic carbocycles. The van der Waals surface area contributed by atoms with Gasteiger partial charge in [0.05, 0.1) is 6.10 Å². The number of aliphatic hydroxyl groups is 1. The number of aryl methyl sites for hydroxylation is 3. The van der Waals surface area contributed by atoms with Crippen LogP contribution in [0, 0.1) is 19.7 Å². The highest BCUT2D eigenvalue weighted by atomic mass is 19.1. The normalized spacial score (nSPS) is 12.4. The van der Waals surface area contributed by atoms with Gasteiger partial charge in [-0.15, -0.1) is 0 Å². The first-order valence-corrected chi connectivity index (χ1v) is 6.41. The van der Waals surface area contributed by atoms with Crippen LogP contribution in [0.2, 0.25) is 0 Å². The van der Waals surface area contributed by atoms with Gasteiger partial charge in [0.25, 0.3) is 0 Å². The third-order valence-electron chi connectivity index (χ3n) is 3.27. The monoisotopic (exact) mass is 259 g/mol. The van der Waals surface area contributed by atoms with Crippen molar-refractivity contribution in [3.63, 3.8) is 0 Å². The molecular formula is C16H18FNO. The summed E-state index contributed by atoms with van der Waals surface area (Å²) >= 11 is 0. The van der Waals surface area contributed by atoms with Crippen molar-refractivity contribution < 1.29 is 9.50 Å². The fraction of sp³-hybridized carbons (Fsp3) is 0.312. The molecule has 1 N–H and O–H groups in total. The predicted molar refractivity (Wildman–Crippen MR) is 73.4 cm³/mol. The van der Waals surface area contributed by atoms with Crippen LogP contribution in [-0.2, 0) is 6.42 Å². The highest BCUT2D eigenvalue weighted by Crippen LogP contribution is 2.26. The molecule has 1 atom stereocenters. The summed E-state index contributed by atoms with van der Waals surface area (Å²) in [5.74, 6) is -0.320. The van der Waals surface area contributed by atoms with Crippen molar-refractivity contribution >= 4 is 0 Å². The molecule has 0 saturated carbocycles. The average Bonchev–Trinajstić information content (AvgIpc) is 2.36. The number of aromatic nitrogens is 1. The van der Waals surface area contributed by atoms with E-state index in [2.05, 4.69) is 4.98 Å². The smallest absolute Gasteiger partial charge is 0.129 e. The van der Waals surface area contributed by atoms with Crippen LogP contribution in [0.3, 0.4) is 0 Å². The number of benzene rings is 1. The minimum atomic E-state index is -0.770. The van der Waals surface area contributed by atoms with E-state index >= 15 is 0 Å². The lowest BCUT2D eigenvalue weighted by Gasteiger charge is -2.15. The fourth-order valence-electron chi connectivity index (χ4n) is 2.35. The van der Waals surface area contributed by atoms with E-state index in [1.807, 2.05) is 32.0 Å². The summed E-state index contributed by atoms with van der Waals surface area (Å²) in [6.45, 7) is 3.68. The second kappa shape index (κ2) is 5.93. The lowest BCUT2D eigenvalue weighted by atomic mass is 9.96. The first-order chi connectivity index (χ1) is 9.08. The third kappa shape index (κ3) is 3.38. The number of rotatable bonds is 4. The van der Waals surface area contributed by atoms with Gasteiger partial charge in [-0.1, -0.05) is 6.07 Å². The zero-order valence-corrected chi connectivity index (χ0v) is 11.2. The number of halogens is 1. The molecule has 0 saturated heterocycles. The van der Waals surface area contributed by atoms with Gasteiger partial charge < -0.3 is 5.11 Å². The van der Waals surface area contributed by atoms with Crippen molar-refractivity contribution in [2.45, 2.75) is 32.8 Å². The number of hydrogen-bond acceptors (Lipinski definition) is 2. The Kier molecular flexibility index (Phi) is 4.27. The first kappa shape index (κ1) is 13.7. The first-order valence-electron chi connectivity index (χ1n) is 6.41.